The van der Waals surface area contributed by atoms with E-state index in [1.54, 1.807) is 30.0 Å². The van der Waals surface area contributed by atoms with Gasteiger partial charge in [0.25, 0.3) is 5.91 Å². The molecule has 1 saturated heterocycles. The molecular weight excluding hydrogens is 719 g/mol. The smallest absolute Gasteiger partial charge is 0.339 e. The second kappa shape index (κ2) is 14.0. The minimum atomic E-state index is -4.15. The third kappa shape index (κ3) is 7.80. The van der Waals surface area contributed by atoms with Gasteiger partial charge in [0, 0.05) is 5.02 Å². The Hall–Kier alpha value is -3.32. The lowest BCUT2D eigenvalue weighted by Crippen LogP contribution is -2.28. The van der Waals surface area contributed by atoms with E-state index in [0.717, 1.165) is 11.1 Å². The molecule has 1 aliphatic rings. The average molecular weight is 745 g/mol. The zero-order valence-electron chi connectivity index (χ0n) is 22.9. The number of nitrogens with zero attached hydrogens (tertiary/aromatic N) is 2. The lowest BCUT2D eigenvalue weighted by molar-refractivity contribution is -0.122. The molecule has 11 heteroatoms. The minimum absolute atomic E-state index is 0.0323. The van der Waals surface area contributed by atoms with Crippen LogP contribution in [0.15, 0.2) is 112 Å². The summed E-state index contributed by atoms with van der Waals surface area (Å²) in [5.41, 5.74) is 2.69. The average Bonchev–Trinajstić information content (AvgIpc) is 3.28. The van der Waals surface area contributed by atoms with E-state index in [2.05, 4.69) is 0 Å². The fourth-order valence-corrected chi connectivity index (χ4v) is 7.14. The van der Waals surface area contributed by atoms with E-state index in [0.29, 0.717) is 37.3 Å². The Morgan fingerprint density at radius 3 is 2.26 bits per heavy atom. The first-order chi connectivity index (χ1) is 20.7. The number of carbonyl (C=O) groups excluding carboxylic acids is 1. The van der Waals surface area contributed by atoms with E-state index >= 15 is 0 Å². The molecule has 0 N–H and O–H groups in total. The van der Waals surface area contributed by atoms with Gasteiger partial charge >= 0.3 is 10.1 Å². The van der Waals surface area contributed by atoms with Crippen molar-refractivity contribution in [3.05, 3.63) is 127 Å². The van der Waals surface area contributed by atoms with Crippen LogP contribution in [0.3, 0.4) is 0 Å². The van der Waals surface area contributed by atoms with Gasteiger partial charge in [-0.1, -0.05) is 72.3 Å². The summed E-state index contributed by atoms with van der Waals surface area (Å²) in [4.78, 5) is 20.6. The number of thioether (sulfide) groups is 1. The Bertz CT molecular complexity index is 1780. The van der Waals surface area contributed by atoms with Crippen molar-refractivity contribution in [1.82, 2.24) is 4.90 Å². The van der Waals surface area contributed by atoms with Crippen LogP contribution in [-0.2, 0) is 28.0 Å². The summed E-state index contributed by atoms with van der Waals surface area (Å²) in [6.07, 6.45) is 1.76. The molecule has 1 heterocycles. The molecule has 1 aliphatic heterocycles. The Kier molecular flexibility index (Phi) is 10.1. The molecule has 0 saturated carbocycles. The van der Waals surface area contributed by atoms with Gasteiger partial charge in [-0.15, -0.1) is 0 Å². The number of aliphatic imine (C=N–C) groups is 1. The van der Waals surface area contributed by atoms with Gasteiger partial charge in [0.15, 0.2) is 16.7 Å². The third-order valence-corrected chi connectivity index (χ3v) is 9.57. The summed E-state index contributed by atoms with van der Waals surface area (Å²) >= 11 is 9.23. The Morgan fingerprint density at radius 1 is 0.953 bits per heavy atom. The van der Waals surface area contributed by atoms with Crippen molar-refractivity contribution in [1.29, 1.82) is 0 Å². The van der Waals surface area contributed by atoms with Crippen molar-refractivity contribution in [2.45, 2.75) is 24.9 Å². The molecule has 1 amide bonds. The number of hydrogen-bond acceptors (Lipinski definition) is 7. The zero-order chi connectivity index (χ0) is 30.4. The molecule has 0 aromatic heterocycles. The maximum atomic E-state index is 13.7. The highest BCUT2D eigenvalue weighted by Gasteiger charge is 2.33. The standard InChI is InChI=1S/C32H26ClIN2O5S2/c1-2-40-28-18-24(17-27(34)30(28)41-43(38,39)26-15-13-25(33)14-16-26)19-29-31(37)36(21-23-11-7-4-8-12-23)32(42-29)35-20-22-9-5-3-6-10-22/h3-19H,2,20-21H2,1H3/b29-19+,35-32?. The molecule has 5 rings (SSSR count). The Labute approximate surface area is 273 Å². The molecule has 0 radical (unpaired) electrons. The first-order valence-corrected chi connectivity index (χ1v) is 16.9. The molecule has 220 valence electrons. The van der Waals surface area contributed by atoms with Crippen molar-refractivity contribution < 1.29 is 22.1 Å². The third-order valence-electron chi connectivity index (χ3n) is 6.24. The predicted molar refractivity (Wildman–Crippen MR) is 180 cm³/mol. The molecule has 4 aromatic carbocycles. The van der Waals surface area contributed by atoms with Crippen molar-refractivity contribution in [2.24, 2.45) is 4.99 Å². The van der Waals surface area contributed by atoms with E-state index < -0.39 is 10.1 Å². The maximum Gasteiger partial charge on any atom is 0.339 e. The van der Waals surface area contributed by atoms with Gasteiger partial charge in [-0.3, -0.25) is 14.7 Å². The number of rotatable bonds is 10. The van der Waals surface area contributed by atoms with E-state index in [-0.39, 0.29) is 28.9 Å². The first kappa shape index (κ1) is 31.1. The highest BCUT2D eigenvalue weighted by molar-refractivity contribution is 14.1. The van der Waals surface area contributed by atoms with Gasteiger partial charge in [0.05, 0.1) is 28.2 Å². The highest BCUT2D eigenvalue weighted by atomic mass is 127. The molecule has 0 spiro atoms. The monoisotopic (exact) mass is 744 g/mol. The van der Waals surface area contributed by atoms with E-state index in [9.17, 15) is 13.2 Å². The number of carbonyl (C=O) groups is 1. The van der Waals surface area contributed by atoms with Gasteiger partial charge in [0.1, 0.15) is 4.90 Å². The number of ether oxygens (including phenoxy) is 1. The summed E-state index contributed by atoms with van der Waals surface area (Å²) < 4.78 is 37.9. The van der Waals surface area contributed by atoms with Gasteiger partial charge in [-0.2, -0.15) is 8.42 Å². The topological polar surface area (TPSA) is 85.3 Å². The number of amides is 1. The number of amidine groups is 1. The lowest BCUT2D eigenvalue weighted by Gasteiger charge is -2.16. The lowest BCUT2D eigenvalue weighted by atomic mass is 10.1. The van der Waals surface area contributed by atoms with E-state index in [1.165, 1.54) is 36.0 Å². The van der Waals surface area contributed by atoms with Crippen molar-refractivity contribution in [3.8, 4) is 11.5 Å². The maximum absolute atomic E-state index is 13.7. The van der Waals surface area contributed by atoms with Crippen molar-refractivity contribution >= 4 is 73.2 Å². The van der Waals surface area contributed by atoms with Crippen LogP contribution in [0.1, 0.15) is 23.6 Å². The fraction of sp³-hybridized carbons (Fsp3) is 0.125. The van der Waals surface area contributed by atoms with Crippen LogP contribution in [0, 0.1) is 3.57 Å². The number of hydrogen-bond donors (Lipinski definition) is 0. The summed E-state index contributed by atoms with van der Waals surface area (Å²) in [5, 5.41) is 1.02. The predicted octanol–water partition coefficient (Wildman–Crippen LogP) is 7.78. The summed E-state index contributed by atoms with van der Waals surface area (Å²) in [6, 6.07) is 28.8. The number of benzene rings is 4. The summed E-state index contributed by atoms with van der Waals surface area (Å²) in [7, 11) is -4.15. The van der Waals surface area contributed by atoms with Gasteiger partial charge < -0.3 is 8.92 Å². The molecule has 0 unspecified atom stereocenters. The molecule has 0 bridgehead atoms. The molecule has 0 aliphatic carbocycles. The highest BCUT2D eigenvalue weighted by Crippen LogP contribution is 2.39. The zero-order valence-corrected chi connectivity index (χ0v) is 27.5. The molecular formula is C32H26ClIN2O5S2. The van der Waals surface area contributed by atoms with Gasteiger partial charge in [0.2, 0.25) is 0 Å². The minimum Gasteiger partial charge on any atom is -0.490 e. The van der Waals surface area contributed by atoms with Crippen LogP contribution in [-0.4, -0.2) is 31.0 Å². The van der Waals surface area contributed by atoms with E-state index in [4.69, 9.17) is 25.5 Å². The van der Waals surface area contributed by atoms with Crippen LogP contribution in [0.2, 0.25) is 5.02 Å². The molecule has 4 aromatic rings. The second-order valence-electron chi connectivity index (χ2n) is 9.33. The van der Waals surface area contributed by atoms with Crippen molar-refractivity contribution in [2.75, 3.05) is 6.61 Å². The van der Waals surface area contributed by atoms with E-state index in [1.807, 2.05) is 83.3 Å². The molecule has 43 heavy (non-hydrogen) atoms. The normalized spacial score (nSPS) is 15.3. The molecule has 7 nitrogen and oxygen atoms in total. The Balaban J connectivity index is 1.46. The number of halogens is 2. The summed E-state index contributed by atoms with van der Waals surface area (Å²) in [6.45, 7) is 2.90. The molecule has 1 fully saturated rings. The van der Waals surface area contributed by atoms with Gasteiger partial charge in [-0.25, -0.2) is 0 Å². The second-order valence-corrected chi connectivity index (χ2v) is 13.5. The van der Waals surface area contributed by atoms with Crippen LogP contribution in [0.25, 0.3) is 6.08 Å². The SMILES string of the molecule is CCOc1cc(/C=C2/SC(=NCc3ccccc3)N(Cc3ccccc3)C2=O)cc(I)c1OS(=O)(=O)c1ccc(Cl)cc1. The van der Waals surface area contributed by atoms with Crippen LogP contribution in [0.5, 0.6) is 11.5 Å². The first-order valence-electron chi connectivity index (χ1n) is 13.2. The van der Waals surface area contributed by atoms with Crippen molar-refractivity contribution in [3.63, 3.8) is 0 Å². The molecule has 0 atom stereocenters. The van der Waals surface area contributed by atoms with Crippen LogP contribution < -0.4 is 8.92 Å². The van der Waals surface area contributed by atoms with Crippen LogP contribution in [0.4, 0.5) is 0 Å². The largest absolute Gasteiger partial charge is 0.490 e. The van der Waals surface area contributed by atoms with Crippen LogP contribution >= 0.6 is 46.0 Å². The quantitative estimate of drug-likeness (QED) is 0.0937. The fourth-order valence-electron chi connectivity index (χ4n) is 4.20. The summed E-state index contributed by atoms with van der Waals surface area (Å²) in [5.74, 6) is 0.147. The Morgan fingerprint density at radius 2 is 1.60 bits per heavy atom. The van der Waals surface area contributed by atoms with Gasteiger partial charge in [-0.05, 0) is 100 Å².